The summed E-state index contributed by atoms with van der Waals surface area (Å²) in [7, 11) is 0. The van der Waals surface area contributed by atoms with E-state index in [9.17, 15) is 14.4 Å². The topological polar surface area (TPSA) is 113 Å². The molecule has 3 aromatic rings. The summed E-state index contributed by atoms with van der Waals surface area (Å²) >= 11 is 0. The van der Waals surface area contributed by atoms with Crippen molar-refractivity contribution in [3.05, 3.63) is 78.4 Å². The average molecular weight is 586 g/mol. The minimum absolute atomic E-state index is 0.122. The van der Waals surface area contributed by atoms with E-state index in [0.717, 1.165) is 55.5 Å². The van der Waals surface area contributed by atoms with Gasteiger partial charge in [-0.05, 0) is 54.1 Å². The van der Waals surface area contributed by atoms with E-state index in [1.54, 1.807) is 29.2 Å². The highest BCUT2D eigenvalue weighted by Crippen LogP contribution is 2.33. The lowest BCUT2D eigenvalue weighted by atomic mass is 10.1. The van der Waals surface area contributed by atoms with E-state index in [1.807, 2.05) is 42.5 Å². The van der Waals surface area contributed by atoms with Crippen molar-refractivity contribution in [2.45, 2.75) is 19.0 Å². The number of carbonyl (C=O) groups is 3. The Hall–Kier alpha value is -4.61. The highest BCUT2D eigenvalue weighted by molar-refractivity contribution is 5.97. The molecule has 0 spiro atoms. The molecule has 6 rings (SSSR count). The minimum Gasteiger partial charge on any atom is -0.457 e. The average Bonchev–Trinajstić information content (AvgIpc) is 3.49. The summed E-state index contributed by atoms with van der Waals surface area (Å²) in [5.41, 5.74) is 1.74. The van der Waals surface area contributed by atoms with Gasteiger partial charge in [-0.3, -0.25) is 24.2 Å². The van der Waals surface area contributed by atoms with Gasteiger partial charge in [0.1, 0.15) is 17.5 Å². The molecule has 0 bridgehead atoms. The smallest absolute Gasteiger partial charge is 0.243 e. The first-order chi connectivity index (χ1) is 21.0. The van der Waals surface area contributed by atoms with Crippen LogP contribution in [0.25, 0.3) is 0 Å². The van der Waals surface area contributed by atoms with Crippen molar-refractivity contribution in [3.8, 4) is 23.0 Å². The molecular weight excluding hydrogens is 550 g/mol. The van der Waals surface area contributed by atoms with Gasteiger partial charge in [-0.2, -0.15) is 0 Å². The minimum atomic E-state index is -0.853. The lowest BCUT2D eigenvalue weighted by Crippen LogP contribution is -2.60. The Bertz CT molecular complexity index is 1440. The number of hydrogen-bond donors (Lipinski definition) is 2. The molecule has 2 saturated heterocycles. The zero-order valence-corrected chi connectivity index (χ0v) is 23.9. The van der Waals surface area contributed by atoms with Crippen LogP contribution in [0.5, 0.6) is 23.0 Å². The van der Waals surface area contributed by atoms with E-state index in [-0.39, 0.29) is 37.5 Å². The Labute approximate surface area is 250 Å². The number of nitrogens with zero attached hydrogens (tertiary/aromatic N) is 3. The molecule has 3 aliphatic rings. The molecule has 3 heterocycles. The van der Waals surface area contributed by atoms with Crippen LogP contribution in [-0.2, 0) is 20.9 Å². The molecule has 3 aliphatic heterocycles. The zero-order valence-electron chi connectivity index (χ0n) is 23.9. The second-order valence-corrected chi connectivity index (χ2v) is 10.8. The second kappa shape index (κ2) is 13.1. The molecule has 3 amide bonds. The third-order valence-electron chi connectivity index (χ3n) is 7.81. The molecule has 2 fully saturated rings. The number of piperazine rings is 2. The van der Waals surface area contributed by atoms with Crippen molar-refractivity contribution in [1.82, 2.24) is 20.0 Å². The lowest BCUT2D eigenvalue weighted by Gasteiger charge is -2.38. The summed E-state index contributed by atoms with van der Waals surface area (Å²) in [6, 6.07) is 21.6. The quantitative estimate of drug-likeness (QED) is 0.394. The fraction of sp³-hybridized carbons (Fsp3) is 0.344. The van der Waals surface area contributed by atoms with E-state index < -0.39 is 6.04 Å². The van der Waals surface area contributed by atoms with Gasteiger partial charge in [0.25, 0.3) is 0 Å². The monoisotopic (exact) mass is 585 g/mol. The molecule has 224 valence electrons. The molecule has 11 nitrogen and oxygen atoms in total. The Morgan fingerprint density at radius 3 is 2.37 bits per heavy atom. The lowest BCUT2D eigenvalue weighted by molar-refractivity contribution is -0.145. The fourth-order valence-corrected chi connectivity index (χ4v) is 5.52. The summed E-state index contributed by atoms with van der Waals surface area (Å²) < 4.78 is 16.7. The Kier molecular flexibility index (Phi) is 8.71. The van der Waals surface area contributed by atoms with Crippen molar-refractivity contribution >= 4 is 23.4 Å². The van der Waals surface area contributed by atoms with Crippen molar-refractivity contribution < 1.29 is 28.6 Å². The van der Waals surface area contributed by atoms with Crippen molar-refractivity contribution in [2.24, 2.45) is 0 Å². The van der Waals surface area contributed by atoms with Crippen LogP contribution in [-0.4, -0.2) is 91.1 Å². The number of amides is 3. The van der Waals surface area contributed by atoms with Gasteiger partial charge in [0.2, 0.25) is 24.5 Å². The van der Waals surface area contributed by atoms with E-state index in [2.05, 4.69) is 26.5 Å². The van der Waals surface area contributed by atoms with Gasteiger partial charge in [0, 0.05) is 51.5 Å². The number of carbonyl (C=O) groups excluding carboxylic acids is 3. The molecule has 1 atom stereocenters. The molecule has 3 aromatic carbocycles. The predicted molar refractivity (Wildman–Crippen MR) is 159 cm³/mol. The van der Waals surface area contributed by atoms with Crippen molar-refractivity contribution in [1.29, 1.82) is 0 Å². The first-order valence-corrected chi connectivity index (χ1v) is 14.5. The second-order valence-electron chi connectivity index (χ2n) is 10.8. The molecule has 0 radical (unpaired) electrons. The SMILES string of the molecule is O=C(C[C@@H]1C(=O)NCCN1C(=O)CN1CCN(Cc2ccc3c(c2)OCO3)CC1)Nc1ccc(Oc2ccccc2)cc1. The van der Waals surface area contributed by atoms with Crippen LogP contribution < -0.4 is 24.8 Å². The standard InChI is InChI=1S/C32H35N5O6/c38-30(34-24-7-9-26(10-8-24)43-25-4-2-1-3-5-25)19-27-32(40)33-12-13-37(27)31(39)21-36-16-14-35(15-17-36)20-23-6-11-28-29(18-23)42-22-41-28/h1-11,18,27H,12-17,19-22H2,(H,33,40)(H,34,38)/t27-/m1/s1. The zero-order chi connectivity index (χ0) is 29.6. The molecule has 2 N–H and O–H groups in total. The molecule has 11 heteroatoms. The summed E-state index contributed by atoms with van der Waals surface area (Å²) in [5.74, 6) is 2.12. The molecular formula is C32H35N5O6. The first kappa shape index (κ1) is 28.5. The number of hydrogen-bond acceptors (Lipinski definition) is 8. The number of anilines is 1. The van der Waals surface area contributed by atoms with E-state index in [1.165, 1.54) is 0 Å². The van der Waals surface area contributed by atoms with Gasteiger partial charge in [-0.25, -0.2) is 0 Å². The highest BCUT2D eigenvalue weighted by Gasteiger charge is 2.35. The van der Waals surface area contributed by atoms with Crippen LogP contribution >= 0.6 is 0 Å². The number of ether oxygens (including phenoxy) is 3. The van der Waals surface area contributed by atoms with Gasteiger partial charge < -0.3 is 29.7 Å². The summed E-state index contributed by atoms with van der Waals surface area (Å²) in [5, 5.41) is 5.64. The number of fused-ring (bicyclic) bond motifs is 1. The van der Waals surface area contributed by atoms with Gasteiger partial charge in [0.15, 0.2) is 11.5 Å². The largest absolute Gasteiger partial charge is 0.457 e. The van der Waals surface area contributed by atoms with Gasteiger partial charge in [-0.15, -0.1) is 0 Å². The summed E-state index contributed by atoms with van der Waals surface area (Å²) in [6.45, 7) is 5.14. The molecule has 0 saturated carbocycles. The van der Waals surface area contributed by atoms with Crippen molar-refractivity contribution in [3.63, 3.8) is 0 Å². The third kappa shape index (κ3) is 7.25. The Balaban J connectivity index is 0.981. The van der Waals surface area contributed by atoms with E-state index >= 15 is 0 Å². The van der Waals surface area contributed by atoms with Crippen LogP contribution in [0.4, 0.5) is 5.69 Å². The number of benzene rings is 3. The summed E-state index contributed by atoms with van der Waals surface area (Å²) in [6.07, 6.45) is -0.122. The number of nitrogens with one attached hydrogen (secondary N) is 2. The Morgan fingerprint density at radius 2 is 1.58 bits per heavy atom. The van der Waals surface area contributed by atoms with Crippen LogP contribution in [0.3, 0.4) is 0 Å². The molecule has 0 unspecified atom stereocenters. The molecule has 0 aromatic heterocycles. The third-order valence-corrected chi connectivity index (χ3v) is 7.81. The van der Waals surface area contributed by atoms with Crippen LogP contribution in [0.15, 0.2) is 72.8 Å². The normalized spacial score (nSPS) is 18.7. The fourth-order valence-electron chi connectivity index (χ4n) is 5.52. The summed E-state index contributed by atoms with van der Waals surface area (Å²) in [4.78, 5) is 45.0. The van der Waals surface area contributed by atoms with Gasteiger partial charge >= 0.3 is 0 Å². The number of rotatable bonds is 9. The van der Waals surface area contributed by atoms with Gasteiger partial charge in [0.05, 0.1) is 13.0 Å². The molecule has 43 heavy (non-hydrogen) atoms. The predicted octanol–water partition coefficient (Wildman–Crippen LogP) is 2.68. The van der Waals surface area contributed by atoms with E-state index in [4.69, 9.17) is 14.2 Å². The van der Waals surface area contributed by atoms with E-state index in [0.29, 0.717) is 24.5 Å². The number of para-hydroxylation sites is 1. The van der Waals surface area contributed by atoms with Crippen LogP contribution in [0, 0.1) is 0 Å². The maximum Gasteiger partial charge on any atom is 0.243 e. The maximum absolute atomic E-state index is 13.3. The van der Waals surface area contributed by atoms with Gasteiger partial charge in [-0.1, -0.05) is 24.3 Å². The highest BCUT2D eigenvalue weighted by atomic mass is 16.7. The molecule has 0 aliphatic carbocycles. The maximum atomic E-state index is 13.3. The van der Waals surface area contributed by atoms with Crippen LogP contribution in [0.2, 0.25) is 0 Å². The van der Waals surface area contributed by atoms with Crippen molar-refractivity contribution in [2.75, 3.05) is 57.9 Å². The first-order valence-electron chi connectivity index (χ1n) is 14.5. The van der Waals surface area contributed by atoms with Crippen LogP contribution in [0.1, 0.15) is 12.0 Å². The Morgan fingerprint density at radius 1 is 0.860 bits per heavy atom.